The summed E-state index contributed by atoms with van der Waals surface area (Å²) >= 11 is 0. The summed E-state index contributed by atoms with van der Waals surface area (Å²) in [6.07, 6.45) is -0.370. The number of hydrogen-bond acceptors (Lipinski definition) is 3. The molecule has 2 rings (SSSR count). The lowest BCUT2D eigenvalue weighted by Gasteiger charge is -2.36. The predicted octanol–water partition coefficient (Wildman–Crippen LogP) is 1.75. The second kappa shape index (κ2) is 6.57. The standard InChI is InChI=1S/C14H20F2N2O3S/c1-10-7-18(8-11(2)21-10)22(19,20)17(3)9-12-4-5-13(15)14(16)6-12/h4-6,10-11H,7-9H2,1-3H3/t10-,11-/m1/s1. The molecule has 0 N–H and O–H groups in total. The molecule has 0 unspecified atom stereocenters. The highest BCUT2D eigenvalue weighted by atomic mass is 32.2. The summed E-state index contributed by atoms with van der Waals surface area (Å²) in [7, 11) is -2.26. The Hall–Kier alpha value is -1.09. The van der Waals surface area contributed by atoms with Gasteiger partial charge in [-0.15, -0.1) is 0 Å². The molecule has 0 aliphatic carbocycles. The molecule has 1 fully saturated rings. The van der Waals surface area contributed by atoms with E-state index in [9.17, 15) is 17.2 Å². The maximum atomic E-state index is 13.2. The van der Waals surface area contributed by atoms with Gasteiger partial charge in [0, 0.05) is 26.7 Å². The molecule has 1 saturated heterocycles. The van der Waals surface area contributed by atoms with Gasteiger partial charge >= 0.3 is 0 Å². The van der Waals surface area contributed by atoms with Crippen LogP contribution in [0.25, 0.3) is 0 Å². The quantitative estimate of drug-likeness (QED) is 0.843. The fourth-order valence-corrected chi connectivity index (χ4v) is 4.00. The van der Waals surface area contributed by atoms with Crippen LogP contribution in [-0.2, 0) is 21.5 Å². The molecule has 2 atom stereocenters. The third-order valence-corrected chi connectivity index (χ3v) is 5.36. The van der Waals surface area contributed by atoms with E-state index in [0.717, 1.165) is 16.4 Å². The highest BCUT2D eigenvalue weighted by Crippen LogP contribution is 2.19. The zero-order valence-electron chi connectivity index (χ0n) is 12.8. The molecule has 0 amide bonds. The lowest BCUT2D eigenvalue weighted by Crippen LogP contribution is -2.52. The lowest BCUT2D eigenvalue weighted by atomic mass is 10.2. The van der Waals surface area contributed by atoms with E-state index in [4.69, 9.17) is 4.74 Å². The molecule has 1 aromatic carbocycles. The Morgan fingerprint density at radius 2 is 1.82 bits per heavy atom. The van der Waals surface area contributed by atoms with Crippen LogP contribution in [0.5, 0.6) is 0 Å². The molecule has 8 heteroatoms. The van der Waals surface area contributed by atoms with Gasteiger partial charge in [-0.1, -0.05) is 6.07 Å². The first kappa shape index (κ1) is 17.3. The SMILES string of the molecule is C[C@@H]1CN(S(=O)(=O)N(C)Cc2ccc(F)c(F)c2)C[C@@H](C)O1. The van der Waals surface area contributed by atoms with Crippen molar-refractivity contribution in [2.45, 2.75) is 32.6 Å². The smallest absolute Gasteiger partial charge is 0.282 e. The Morgan fingerprint density at radius 3 is 2.36 bits per heavy atom. The Balaban J connectivity index is 2.12. The van der Waals surface area contributed by atoms with Gasteiger partial charge in [0.1, 0.15) is 0 Å². The second-order valence-corrected chi connectivity index (χ2v) is 7.62. The minimum absolute atomic E-state index is 0.0281. The van der Waals surface area contributed by atoms with E-state index in [-0.39, 0.29) is 31.8 Å². The lowest BCUT2D eigenvalue weighted by molar-refractivity contribution is -0.0453. The van der Waals surface area contributed by atoms with Crippen molar-refractivity contribution >= 4 is 10.2 Å². The summed E-state index contributed by atoms with van der Waals surface area (Å²) in [5, 5.41) is 0. The van der Waals surface area contributed by atoms with Crippen molar-refractivity contribution < 1.29 is 21.9 Å². The zero-order chi connectivity index (χ0) is 16.5. The molecule has 0 radical (unpaired) electrons. The van der Waals surface area contributed by atoms with Crippen LogP contribution >= 0.6 is 0 Å². The van der Waals surface area contributed by atoms with Crippen LogP contribution in [0.15, 0.2) is 18.2 Å². The highest BCUT2D eigenvalue weighted by Gasteiger charge is 2.33. The molecule has 1 aromatic rings. The predicted molar refractivity (Wildman–Crippen MR) is 78.3 cm³/mol. The molecule has 0 spiro atoms. The fourth-order valence-electron chi connectivity index (χ4n) is 2.49. The number of ether oxygens (including phenoxy) is 1. The average Bonchev–Trinajstić information content (AvgIpc) is 2.41. The Labute approximate surface area is 129 Å². The maximum Gasteiger partial charge on any atom is 0.282 e. The molecular formula is C14H20F2N2O3S. The van der Waals surface area contributed by atoms with Crippen LogP contribution in [0.2, 0.25) is 0 Å². The van der Waals surface area contributed by atoms with Crippen LogP contribution in [0.1, 0.15) is 19.4 Å². The minimum Gasteiger partial charge on any atom is -0.373 e. The van der Waals surface area contributed by atoms with Crippen molar-refractivity contribution in [3.63, 3.8) is 0 Å². The van der Waals surface area contributed by atoms with Gasteiger partial charge in [-0.2, -0.15) is 17.0 Å². The first-order valence-electron chi connectivity index (χ1n) is 7.01. The molecule has 0 bridgehead atoms. The maximum absolute atomic E-state index is 13.2. The van der Waals surface area contributed by atoms with Gasteiger partial charge in [0.25, 0.3) is 10.2 Å². The average molecular weight is 334 g/mol. The van der Waals surface area contributed by atoms with Gasteiger partial charge < -0.3 is 4.74 Å². The topological polar surface area (TPSA) is 49.9 Å². The van der Waals surface area contributed by atoms with Crippen LogP contribution in [0, 0.1) is 11.6 Å². The molecule has 22 heavy (non-hydrogen) atoms. The van der Waals surface area contributed by atoms with Crippen molar-refractivity contribution in [1.82, 2.24) is 8.61 Å². The van der Waals surface area contributed by atoms with E-state index in [0.29, 0.717) is 5.56 Å². The number of rotatable bonds is 4. The summed E-state index contributed by atoms with van der Waals surface area (Å²) < 4.78 is 59.3. The summed E-state index contributed by atoms with van der Waals surface area (Å²) in [4.78, 5) is 0. The molecule has 1 aliphatic heterocycles. The number of morpholine rings is 1. The molecular weight excluding hydrogens is 314 g/mol. The van der Waals surface area contributed by atoms with Crippen molar-refractivity contribution in [2.24, 2.45) is 0 Å². The molecule has 5 nitrogen and oxygen atoms in total. The number of benzene rings is 1. The largest absolute Gasteiger partial charge is 0.373 e. The van der Waals surface area contributed by atoms with E-state index in [1.165, 1.54) is 17.4 Å². The van der Waals surface area contributed by atoms with Gasteiger partial charge in [-0.25, -0.2) is 8.78 Å². The van der Waals surface area contributed by atoms with E-state index in [2.05, 4.69) is 0 Å². The molecule has 1 aliphatic rings. The Kier molecular flexibility index (Phi) is 5.16. The second-order valence-electron chi connectivity index (χ2n) is 5.59. The van der Waals surface area contributed by atoms with E-state index in [1.807, 2.05) is 13.8 Å². The fraction of sp³-hybridized carbons (Fsp3) is 0.571. The van der Waals surface area contributed by atoms with Crippen LogP contribution in [0.3, 0.4) is 0 Å². The van der Waals surface area contributed by atoms with Crippen LogP contribution in [0.4, 0.5) is 8.78 Å². The zero-order valence-corrected chi connectivity index (χ0v) is 13.6. The molecule has 1 heterocycles. The third-order valence-electron chi connectivity index (χ3n) is 3.50. The van der Waals surface area contributed by atoms with Crippen molar-refractivity contribution in [3.05, 3.63) is 35.4 Å². The Bertz CT molecular complexity index is 629. The van der Waals surface area contributed by atoms with Gasteiger partial charge in [-0.05, 0) is 31.5 Å². The molecule has 124 valence electrons. The van der Waals surface area contributed by atoms with Gasteiger partial charge in [0.05, 0.1) is 12.2 Å². The van der Waals surface area contributed by atoms with Crippen LogP contribution in [-0.4, -0.2) is 49.4 Å². The summed E-state index contributed by atoms with van der Waals surface area (Å²) in [5.41, 5.74) is 0.388. The monoisotopic (exact) mass is 334 g/mol. The van der Waals surface area contributed by atoms with E-state index >= 15 is 0 Å². The first-order valence-corrected chi connectivity index (χ1v) is 8.40. The summed E-state index contributed by atoms with van der Waals surface area (Å²) in [6.45, 7) is 4.14. The van der Waals surface area contributed by atoms with E-state index in [1.54, 1.807) is 0 Å². The number of nitrogens with zero attached hydrogens (tertiary/aromatic N) is 2. The van der Waals surface area contributed by atoms with Crippen molar-refractivity contribution in [1.29, 1.82) is 0 Å². The highest BCUT2D eigenvalue weighted by molar-refractivity contribution is 7.86. The van der Waals surface area contributed by atoms with Gasteiger partial charge in [-0.3, -0.25) is 0 Å². The van der Waals surface area contributed by atoms with Crippen molar-refractivity contribution in [3.8, 4) is 0 Å². The van der Waals surface area contributed by atoms with Gasteiger partial charge in [0.2, 0.25) is 0 Å². The minimum atomic E-state index is -3.68. The first-order chi connectivity index (χ1) is 10.2. The number of hydrogen-bond donors (Lipinski definition) is 0. The molecule has 0 saturated carbocycles. The van der Waals surface area contributed by atoms with Crippen LogP contribution < -0.4 is 0 Å². The summed E-state index contributed by atoms with van der Waals surface area (Å²) in [6, 6.07) is 3.37. The third kappa shape index (κ3) is 3.81. The summed E-state index contributed by atoms with van der Waals surface area (Å²) in [5.74, 6) is -1.94. The molecule has 0 aromatic heterocycles. The van der Waals surface area contributed by atoms with Crippen molar-refractivity contribution in [2.75, 3.05) is 20.1 Å². The normalized spacial score (nSPS) is 23.9. The Morgan fingerprint density at radius 1 is 1.23 bits per heavy atom. The van der Waals surface area contributed by atoms with Gasteiger partial charge in [0.15, 0.2) is 11.6 Å². The van der Waals surface area contributed by atoms with E-state index < -0.39 is 21.8 Å². The number of halogens is 2.